The minimum atomic E-state index is -0.161. The summed E-state index contributed by atoms with van der Waals surface area (Å²) in [6.45, 7) is 3.56. The van der Waals surface area contributed by atoms with Gasteiger partial charge in [-0.1, -0.05) is 43.7 Å². The van der Waals surface area contributed by atoms with Crippen molar-refractivity contribution >= 4 is 11.9 Å². The highest BCUT2D eigenvalue weighted by Crippen LogP contribution is 2.07. The first-order chi connectivity index (χ1) is 10.7. The molecule has 1 N–H and O–H groups in total. The maximum atomic E-state index is 12.1. The standard InChI is InChI=1S/C17H22N4O/c1-3-4-10-21(2)17-19-12-15(13-20-17)16(22)18-11-14-8-6-5-7-9-14/h5-9,12-13H,3-4,10-11H2,1-2H3,(H,18,22). The second-order valence-electron chi connectivity index (χ2n) is 5.22. The summed E-state index contributed by atoms with van der Waals surface area (Å²) in [6, 6.07) is 9.80. The molecule has 0 saturated carbocycles. The molecule has 0 atom stereocenters. The van der Waals surface area contributed by atoms with Crippen molar-refractivity contribution in [3.8, 4) is 0 Å². The van der Waals surface area contributed by atoms with Gasteiger partial charge in [0, 0.05) is 32.5 Å². The topological polar surface area (TPSA) is 58.1 Å². The molecule has 2 rings (SSSR count). The number of carbonyl (C=O) groups is 1. The normalized spacial score (nSPS) is 10.3. The molecule has 2 aromatic rings. The lowest BCUT2D eigenvalue weighted by atomic mass is 10.2. The first kappa shape index (κ1) is 15.9. The predicted molar refractivity (Wildman–Crippen MR) is 87.8 cm³/mol. The van der Waals surface area contributed by atoms with E-state index in [2.05, 4.69) is 22.2 Å². The fourth-order valence-electron chi connectivity index (χ4n) is 2.01. The fraction of sp³-hybridized carbons (Fsp3) is 0.353. The molecule has 0 spiro atoms. The van der Waals surface area contributed by atoms with Crippen LogP contribution in [0.4, 0.5) is 5.95 Å². The van der Waals surface area contributed by atoms with Gasteiger partial charge in [-0.25, -0.2) is 9.97 Å². The van der Waals surface area contributed by atoms with E-state index in [0.717, 1.165) is 24.9 Å². The number of aromatic nitrogens is 2. The summed E-state index contributed by atoms with van der Waals surface area (Å²) in [7, 11) is 1.96. The molecule has 0 unspecified atom stereocenters. The molecule has 5 heteroatoms. The van der Waals surface area contributed by atoms with Crippen molar-refractivity contribution in [3.63, 3.8) is 0 Å². The van der Waals surface area contributed by atoms with Gasteiger partial charge in [0.1, 0.15) is 0 Å². The van der Waals surface area contributed by atoms with Gasteiger partial charge in [0.05, 0.1) is 5.56 Å². The third kappa shape index (κ3) is 4.55. The Labute approximate surface area is 131 Å². The van der Waals surface area contributed by atoms with Gasteiger partial charge in [-0.3, -0.25) is 4.79 Å². The molecule has 1 aromatic carbocycles. The first-order valence-corrected chi connectivity index (χ1v) is 7.56. The van der Waals surface area contributed by atoms with Gasteiger partial charge in [0.25, 0.3) is 5.91 Å². The van der Waals surface area contributed by atoms with E-state index in [1.54, 1.807) is 12.4 Å². The number of nitrogens with one attached hydrogen (secondary N) is 1. The Morgan fingerprint density at radius 2 is 1.86 bits per heavy atom. The number of hydrogen-bond donors (Lipinski definition) is 1. The van der Waals surface area contributed by atoms with Crippen LogP contribution in [-0.2, 0) is 6.54 Å². The van der Waals surface area contributed by atoms with Gasteiger partial charge < -0.3 is 10.2 Å². The molecule has 0 aliphatic carbocycles. The summed E-state index contributed by atoms with van der Waals surface area (Å²) in [6.07, 6.45) is 5.37. The number of hydrogen-bond acceptors (Lipinski definition) is 4. The van der Waals surface area contributed by atoms with Crippen LogP contribution < -0.4 is 10.2 Å². The van der Waals surface area contributed by atoms with Crippen LogP contribution in [0.15, 0.2) is 42.7 Å². The summed E-state index contributed by atoms with van der Waals surface area (Å²) in [5.74, 6) is 0.486. The van der Waals surface area contributed by atoms with E-state index < -0.39 is 0 Å². The average molecular weight is 298 g/mol. The zero-order valence-corrected chi connectivity index (χ0v) is 13.1. The SMILES string of the molecule is CCCCN(C)c1ncc(C(=O)NCc2ccccc2)cn1. The molecule has 22 heavy (non-hydrogen) atoms. The molecule has 1 heterocycles. The number of unbranched alkanes of at least 4 members (excludes halogenated alkanes) is 1. The molecule has 0 aliphatic heterocycles. The van der Waals surface area contributed by atoms with Crippen molar-refractivity contribution in [1.29, 1.82) is 0 Å². The summed E-state index contributed by atoms with van der Waals surface area (Å²) in [5, 5.41) is 2.87. The highest BCUT2D eigenvalue weighted by atomic mass is 16.1. The molecule has 1 aromatic heterocycles. The summed E-state index contributed by atoms with van der Waals surface area (Å²) < 4.78 is 0. The minimum Gasteiger partial charge on any atom is -0.348 e. The van der Waals surface area contributed by atoms with E-state index in [-0.39, 0.29) is 5.91 Å². The molecule has 5 nitrogen and oxygen atoms in total. The predicted octanol–water partition coefficient (Wildman–Crippen LogP) is 2.64. The third-order valence-electron chi connectivity index (χ3n) is 3.38. The average Bonchev–Trinajstić information content (AvgIpc) is 2.58. The van der Waals surface area contributed by atoms with Gasteiger partial charge in [0.2, 0.25) is 5.95 Å². The van der Waals surface area contributed by atoms with E-state index >= 15 is 0 Å². The van der Waals surface area contributed by atoms with E-state index in [4.69, 9.17) is 0 Å². The van der Waals surface area contributed by atoms with Gasteiger partial charge in [-0.2, -0.15) is 0 Å². The molecule has 0 bridgehead atoms. The first-order valence-electron chi connectivity index (χ1n) is 7.56. The quantitative estimate of drug-likeness (QED) is 0.853. The zero-order valence-electron chi connectivity index (χ0n) is 13.1. The van der Waals surface area contributed by atoms with Crippen LogP contribution in [0.1, 0.15) is 35.7 Å². The number of nitrogens with zero attached hydrogens (tertiary/aromatic N) is 3. The van der Waals surface area contributed by atoms with E-state index in [0.29, 0.717) is 18.1 Å². The number of benzene rings is 1. The van der Waals surface area contributed by atoms with Crippen LogP contribution in [-0.4, -0.2) is 29.5 Å². The van der Waals surface area contributed by atoms with Gasteiger partial charge in [0.15, 0.2) is 0 Å². The van der Waals surface area contributed by atoms with Crippen LogP contribution in [0.25, 0.3) is 0 Å². The van der Waals surface area contributed by atoms with Crippen molar-refractivity contribution < 1.29 is 4.79 Å². The van der Waals surface area contributed by atoms with Crippen molar-refractivity contribution in [2.45, 2.75) is 26.3 Å². The van der Waals surface area contributed by atoms with Crippen molar-refractivity contribution in [2.24, 2.45) is 0 Å². The summed E-state index contributed by atoms with van der Waals surface area (Å²) >= 11 is 0. The van der Waals surface area contributed by atoms with Crippen molar-refractivity contribution in [1.82, 2.24) is 15.3 Å². The maximum absolute atomic E-state index is 12.1. The molecular weight excluding hydrogens is 276 g/mol. The van der Waals surface area contributed by atoms with Gasteiger partial charge in [-0.05, 0) is 12.0 Å². The second-order valence-corrected chi connectivity index (χ2v) is 5.22. The Bertz CT molecular complexity index is 583. The van der Waals surface area contributed by atoms with Crippen LogP contribution in [0.5, 0.6) is 0 Å². The Morgan fingerprint density at radius 3 is 2.50 bits per heavy atom. The smallest absolute Gasteiger partial charge is 0.254 e. The number of amides is 1. The molecule has 0 fully saturated rings. The van der Waals surface area contributed by atoms with Gasteiger partial charge >= 0.3 is 0 Å². The van der Waals surface area contributed by atoms with E-state index in [1.807, 2.05) is 42.3 Å². The molecule has 0 radical (unpaired) electrons. The molecule has 1 amide bonds. The molecule has 116 valence electrons. The molecule has 0 aliphatic rings. The Morgan fingerprint density at radius 1 is 1.18 bits per heavy atom. The largest absolute Gasteiger partial charge is 0.348 e. The van der Waals surface area contributed by atoms with Crippen LogP contribution in [0.3, 0.4) is 0 Å². The lowest BCUT2D eigenvalue weighted by Gasteiger charge is -2.16. The molecule has 0 saturated heterocycles. The van der Waals surface area contributed by atoms with E-state index in [9.17, 15) is 4.79 Å². The highest BCUT2D eigenvalue weighted by Gasteiger charge is 2.08. The fourth-order valence-corrected chi connectivity index (χ4v) is 2.01. The minimum absolute atomic E-state index is 0.161. The Kier molecular flexibility index (Phi) is 5.89. The lowest BCUT2D eigenvalue weighted by Crippen LogP contribution is -2.24. The highest BCUT2D eigenvalue weighted by molar-refractivity contribution is 5.93. The number of carbonyl (C=O) groups excluding carboxylic acids is 1. The number of rotatable bonds is 7. The zero-order chi connectivity index (χ0) is 15.8. The maximum Gasteiger partial charge on any atom is 0.254 e. The van der Waals surface area contributed by atoms with Gasteiger partial charge in [-0.15, -0.1) is 0 Å². The Hall–Kier alpha value is -2.43. The van der Waals surface area contributed by atoms with Crippen molar-refractivity contribution in [3.05, 3.63) is 53.9 Å². The van der Waals surface area contributed by atoms with Crippen molar-refractivity contribution in [2.75, 3.05) is 18.5 Å². The Balaban J connectivity index is 1.90. The monoisotopic (exact) mass is 298 g/mol. The lowest BCUT2D eigenvalue weighted by molar-refractivity contribution is 0.0950. The second kappa shape index (κ2) is 8.12. The third-order valence-corrected chi connectivity index (χ3v) is 3.38. The number of anilines is 1. The van der Waals surface area contributed by atoms with Crippen LogP contribution in [0.2, 0.25) is 0 Å². The summed E-state index contributed by atoms with van der Waals surface area (Å²) in [5.41, 5.74) is 1.54. The summed E-state index contributed by atoms with van der Waals surface area (Å²) in [4.78, 5) is 22.6. The van der Waals surface area contributed by atoms with Crippen LogP contribution >= 0.6 is 0 Å². The van der Waals surface area contributed by atoms with Crippen LogP contribution in [0, 0.1) is 0 Å². The molecular formula is C17H22N4O. The van der Waals surface area contributed by atoms with E-state index in [1.165, 1.54) is 0 Å².